The van der Waals surface area contributed by atoms with Gasteiger partial charge in [-0.15, -0.1) is 0 Å². The molecule has 3 nitrogen and oxygen atoms in total. The van der Waals surface area contributed by atoms with Crippen molar-refractivity contribution < 1.29 is 21.6 Å². The van der Waals surface area contributed by atoms with E-state index in [0.717, 1.165) is 0 Å². The molecule has 0 aromatic rings. The Morgan fingerprint density at radius 1 is 1.13 bits per heavy atom. The van der Waals surface area contributed by atoms with Gasteiger partial charge in [0, 0.05) is 6.04 Å². The fraction of sp³-hybridized carbons (Fsp3) is 1.00. The fourth-order valence-corrected chi connectivity index (χ4v) is 2.47. The summed E-state index contributed by atoms with van der Waals surface area (Å²) in [6.07, 6.45) is -4.51. The molecule has 0 saturated heterocycles. The van der Waals surface area contributed by atoms with Crippen molar-refractivity contribution in [2.75, 3.05) is 6.54 Å². The maximum absolute atomic E-state index is 12.2. The van der Waals surface area contributed by atoms with Gasteiger partial charge in [-0.2, -0.15) is 17.5 Å². The lowest BCUT2D eigenvalue weighted by Gasteiger charge is -2.28. The van der Waals surface area contributed by atoms with Crippen molar-refractivity contribution in [1.29, 1.82) is 0 Å². The number of rotatable bonds is 4. The molecule has 0 fully saturated rings. The van der Waals surface area contributed by atoms with Crippen LogP contribution in [0, 0.1) is 0 Å². The number of alkyl halides is 3. The summed E-state index contributed by atoms with van der Waals surface area (Å²) in [4.78, 5) is 0. The second kappa shape index (κ2) is 4.69. The van der Waals surface area contributed by atoms with Crippen LogP contribution >= 0.6 is 0 Å². The molecule has 0 spiro atoms. The predicted molar refractivity (Wildman–Crippen MR) is 52.0 cm³/mol. The number of sulfonamides is 1. The summed E-state index contributed by atoms with van der Waals surface area (Å²) in [5, 5.41) is -0.845. The van der Waals surface area contributed by atoms with Gasteiger partial charge in [-0.1, -0.05) is 0 Å². The molecular weight excluding hydrogens is 231 g/mol. The van der Waals surface area contributed by atoms with Gasteiger partial charge in [-0.05, 0) is 27.7 Å². The summed E-state index contributed by atoms with van der Waals surface area (Å²) in [5.74, 6) is 0. The van der Waals surface area contributed by atoms with Crippen molar-refractivity contribution in [3.05, 3.63) is 0 Å². The van der Waals surface area contributed by atoms with Gasteiger partial charge in [-0.25, -0.2) is 8.42 Å². The molecule has 0 heterocycles. The van der Waals surface area contributed by atoms with Crippen molar-refractivity contribution in [1.82, 2.24) is 4.31 Å². The molecule has 92 valence electrons. The minimum absolute atomic E-state index is 0.484. The predicted octanol–water partition coefficient (Wildman–Crippen LogP) is 2.00. The topological polar surface area (TPSA) is 37.4 Å². The second-order valence-electron chi connectivity index (χ2n) is 3.85. The third kappa shape index (κ3) is 4.38. The lowest BCUT2D eigenvalue weighted by molar-refractivity contribution is -0.138. The summed E-state index contributed by atoms with van der Waals surface area (Å²) in [6.45, 7) is 4.14. The number of halogens is 3. The van der Waals surface area contributed by atoms with Gasteiger partial charge < -0.3 is 0 Å². The van der Waals surface area contributed by atoms with Gasteiger partial charge in [-0.3, -0.25) is 0 Å². The van der Waals surface area contributed by atoms with Gasteiger partial charge in [0.05, 0.1) is 5.25 Å². The van der Waals surface area contributed by atoms with Crippen molar-refractivity contribution in [3.63, 3.8) is 0 Å². The van der Waals surface area contributed by atoms with Crippen LogP contribution in [0.2, 0.25) is 0 Å². The smallest absolute Gasteiger partial charge is 0.212 e. The third-order valence-corrected chi connectivity index (χ3v) is 4.23. The van der Waals surface area contributed by atoms with Gasteiger partial charge in [0.2, 0.25) is 10.0 Å². The van der Waals surface area contributed by atoms with Gasteiger partial charge in [0.25, 0.3) is 0 Å². The Labute approximate surface area is 88.3 Å². The fourth-order valence-electron chi connectivity index (χ4n) is 1.01. The maximum Gasteiger partial charge on any atom is 0.402 e. The first-order valence-electron chi connectivity index (χ1n) is 4.56. The Bertz CT molecular complexity index is 295. The van der Waals surface area contributed by atoms with E-state index in [-0.39, 0.29) is 0 Å². The van der Waals surface area contributed by atoms with Crippen LogP contribution in [0.4, 0.5) is 13.2 Å². The zero-order chi connectivity index (χ0) is 12.4. The Hall–Kier alpha value is -0.300. The molecule has 0 unspecified atom stereocenters. The van der Waals surface area contributed by atoms with Crippen molar-refractivity contribution in [3.8, 4) is 0 Å². The first-order chi connectivity index (χ1) is 6.48. The first kappa shape index (κ1) is 14.7. The largest absolute Gasteiger partial charge is 0.402 e. The summed E-state index contributed by atoms with van der Waals surface area (Å²) < 4.78 is 60.1. The zero-order valence-corrected chi connectivity index (χ0v) is 9.98. The number of nitrogens with zero attached hydrogens (tertiary/aromatic N) is 1. The third-order valence-electron chi connectivity index (χ3n) is 1.83. The summed E-state index contributed by atoms with van der Waals surface area (Å²) in [6, 6.07) is -0.695. The maximum atomic E-state index is 12.2. The van der Waals surface area contributed by atoms with Crippen LogP contribution in [-0.2, 0) is 10.0 Å². The highest BCUT2D eigenvalue weighted by Gasteiger charge is 2.38. The molecular formula is C8H16F3NO2S. The quantitative estimate of drug-likeness (QED) is 0.762. The monoisotopic (exact) mass is 247 g/mol. The van der Waals surface area contributed by atoms with Gasteiger partial charge >= 0.3 is 6.18 Å². The highest BCUT2D eigenvalue weighted by atomic mass is 32.2. The summed E-state index contributed by atoms with van der Waals surface area (Å²) in [7, 11) is -3.86. The van der Waals surface area contributed by atoms with Crippen LogP contribution in [0.1, 0.15) is 27.7 Å². The van der Waals surface area contributed by atoms with Crippen molar-refractivity contribution >= 4 is 10.0 Å². The number of hydrogen-bond donors (Lipinski definition) is 0. The average Bonchev–Trinajstić information content (AvgIpc) is 1.97. The van der Waals surface area contributed by atoms with E-state index in [1.165, 1.54) is 27.7 Å². The molecule has 0 radical (unpaired) electrons. The SMILES string of the molecule is CC(C)N(CC(F)(F)F)S(=O)(=O)C(C)C. The molecule has 0 aromatic heterocycles. The minimum Gasteiger partial charge on any atom is -0.212 e. The van der Waals surface area contributed by atoms with Gasteiger partial charge in [0.1, 0.15) is 6.54 Å². The van der Waals surface area contributed by atoms with Crippen molar-refractivity contribution in [2.45, 2.75) is 45.2 Å². The molecule has 0 rings (SSSR count). The van der Waals surface area contributed by atoms with E-state index in [1.54, 1.807) is 0 Å². The van der Waals surface area contributed by atoms with E-state index in [4.69, 9.17) is 0 Å². The highest BCUT2D eigenvalue weighted by molar-refractivity contribution is 7.89. The van der Waals surface area contributed by atoms with Crippen LogP contribution < -0.4 is 0 Å². The van der Waals surface area contributed by atoms with E-state index >= 15 is 0 Å². The van der Waals surface area contributed by atoms with E-state index in [2.05, 4.69) is 0 Å². The summed E-state index contributed by atoms with van der Waals surface area (Å²) in [5.41, 5.74) is 0. The lowest BCUT2D eigenvalue weighted by Crippen LogP contribution is -2.46. The molecule has 0 aliphatic heterocycles. The molecule has 0 aliphatic rings. The molecule has 0 amide bonds. The molecule has 0 aliphatic carbocycles. The van der Waals surface area contributed by atoms with Crippen molar-refractivity contribution in [2.24, 2.45) is 0 Å². The second-order valence-corrected chi connectivity index (χ2v) is 6.29. The van der Waals surface area contributed by atoms with E-state index in [1.807, 2.05) is 0 Å². The van der Waals surface area contributed by atoms with E-state index in [9.17, 15) is 21.6 Å². The van der Waals surface area contributed by atoms with Gasteiger partial charge in [0.15, 0.2) is 0 Å². The van der Waals surface area contributed by atoms with Crippen LogP contribution in [-0.4, -0.2) is 36.7 Å². The molecule has 0 N–H and O–H groups in total. The average molecular weight is 247 g/mol. The van der Waals surface area contributed by atoms with Crippen LogP contribution in [0.25, 0.3) is 0 Å². The Kier molecular flexibility index (Phi) is 4.60. The first-order valence-corrected chi connectivity index (χ1v) is 6.06. The Morgan fingerprint density at radius 2 is 1.53 bits per heavy atom. The van der Waals surface area contributed by atoms with Crippen LogP contribution in [0.3, 0.4) is 0 Å². The number of hydrogen-bond acceptors (Lipinski definition) is 2. The van der Waals surface area contributed by atoms with Crippen LogP contribution in [0.5, 0.6) is 0 Å². The van der Waals surface area contributed by atoms with E-state index < -0.39 is 34.0 Å². The molecule has 0 bridgehead atoms. The normalized spacial score (nSPS) is 14.3. The Morgan fingerprint density at radius 3 is 1.73 bits per heavy atom. The van der Waals surface area contributed by atoms with Crippen LogP contribution in [0.15, 0.2) is 0 Å². The Balaban J connectivity index is 5.01. The molecule has 0 saturated carbocycles. The molecule has 0 atom stereocenters. The molecule has 7 heteroatoms. The zero-order valence-electron chi connectivity index (χ0n) is 9.17. The minimum atomic E-state index is -4.51. The van der Waals surface area contributed by atoms with E-state index in [0.29, 0.717) is 4.31 Å². The lowest BCUT2D eigenvalue weighted by atomic mass is 10.4. The summed E-state index contributed by atoms with van der Waals surface area (Å²) >= 11 is 0. The highest BCUT2D eigenvalue weighted by Crippen LogP contribution is 2.22. The standard InChI is InChI=1S/C8H16F3NO2S/c1-6(2)12(5-8(9,10)11)15(13,14)7(3)4/h6-7H,5H2,1-4H3. The molecule has 0 aromatic carbocycles. The molecule has 15 heavy (non-hydrogen) atoms.